The van der Waals surface area contributed by atoms with Crippen molar-refractivity contribution < 1.29 is 30.8 Å². The second kappa shape index (κ2) is 8.09. The molecule has 2 aromatic carbocycles. The molecule has 1 fully saturated rings. The topological polar surface area (TPSA) is 110 Å². The van der Waals surface area contributed by atoms with Crippen molar-refractivity contribution in [1.82, 2.24) is 4.72 Å². The molecule has 0 unspecified atom stereocenters. The van der Waals surface area contributed by atoms with Gasteiger partial charge in [0.15, 0.2) is 0 Å². The van der Waals surface area contributed by atoms with Crippen LogP contribution in [0.5, 0.6) is 5.75 Å². The number of carbonyl (C=O) groups is 1. The van der Waals surface area contributed by atoms with Gasteiger partial charge < -0.3 is 4.74 Å². The molecule has 8 nitrogen and oxygen atoms in total. The van der Waals surface area contributed by atoms with Gasteiger partial charge in [-0.25, -0.2) is 30.3 Å². The van der Waals surface area contributed by atoms with Crippen LogP contribution >= 0.6 is 0 Å². The predicted molar refractivity (Wildman–Crippen MR) is 104 cm³/mol. The first kappa shape index (κ1) is 21.2. The van der Waals surface area contributed by atoms with Crippen molar-refractivity contribution in [3.8, 4) is 5.75 Å². The summed E-state index contributed by atoms with van der Waals surface area (Å²) in [5.41, 5.74) is 0.271. The van der Waals surface area contributed by atoms with Crippen LogP contribution in [-0.4, -0.2) is 42.2 Å². The number of hydrogen-bond acceptors (Lipinski definition) is 6. The molecule has 0 atom stereocenters. The third-order valence-electron chi connectivity index (χ3n) is 4.39. The molecule has 1 heterocycles. The zero-order valence-corrected chi connectivity index (χ0v) is 17.1. The molecule has 29 heavy (non-hydrogen) atoms. The van der Waals surface area contributed by atoms with Gasteiger partial charge >= 0.3 is 0 Å². The predicted octanol–water partition coefficient (Wildman–Crippen LogP) is 1.42. The van der Waals surface area contributed by atoms with Gasteiger partial charge in [0.05, 0.1) is 18.6 Å². The number of sulfonamides is 2. The standard InChI is InChI=1S/C18H19FN2O6S2/c1-27-16-7-6-14(21-18(22)9-11-28(21,23)24)12-17(16)29(25,26)20-10-8-13-4-2-3-5-15(13)19/h2-7,12,20H,8-11H2,1H3. The van der Waals surface area contributed by atoms with Crippen LogP contribution in [0.3, 0.4) is 0 Å². The minimum Gasteiger partial charge on any atom is -0.495 e. The van der Waals surface area contributed by atoms with Crippen molar-refractivity contribution >= 4 is 31.6 Å². The lowest BCUT2D eigenvalue weighted by Crippen LogP contribution is -2.30. The average molecular weight is 442 g/mol. The van der Waals surface area contributed by atoms with E-state index < -0.39 is 31.8 Å². The van der Waals surface area contributed by atoms with Crippen LogP contribution in [0, 0.1) is 5.82 Å². The second-order valence-electron chi connectivity index (χ2n) is 6.30. The molecule has 1 saturated heterocycles. The summed E-state index contributed by atoms with van der Waals surface area (Å²) in [4.78, 5) is 11.7. The molecule has 3 rings (SSSR count). The fraction of sp³-hybridized carbons (Fsp3) is 0.278. The summed E-state index contributed by atoms with van der Waals surface area (Å²) in [6.07, 6.45) is -0.0514. The van der Waals surface area contributed by atoms with Crippen LogP contribution in [0.4, 0.5) is 10.1 Å². The Kier molecular flexibility index (Phi) is 5.92. The number of nitrogens with zero attached hydrogens (tertiary/aromatic N) is 1. The van der Waals surface area contributed by atoms with Crippen molar-refractivity contribution in [1.29, 1.82) is 0 Å². The van der Waals surface area contributed by atoms with E-state index in [1.54, 1.807) is 12.1 Å². The van der Waals surface area contributed by atoms with Crippen molar-refractivity contribution in [2.75, 3.05) is 23.7 Å². The van der Waals surface area contributed by atoms with Gasteiger partial charge in [-0.15, -0.1) is 0 Å². The number of amides is 1. The molecule has 0 bridgehead atoms. The van der Waals surface area contributed by atoms with Gasteiger partial charge in [-0.3, -0.25) is 4.79 Å². The quantitative estimate of drug-likeness (QED) is 0.695. The molecule has 2 aromatic rings. The molecule has 0 spiro atoms. The molecule has 1 amide bonds. The number of nitrogens with one attached hydrogen (secondary N) is 1. The van der Waals surface area contributed by atoms with E-state index in [0.29, 0.717) is 9.87 Å². The number of halogens is 1. The SMILES string of the molecule is COc1ccc(N2C(=O)CCS2(=O)=O)cc1S(=O)(=O)NCCc1ccccc1F. The van der Waals surface area contributed by atoms with Crippen LogP contribution in [0.1, 0.15) is 12.0 Å². The van der Waals surface area contributed by atoms with Gasteiger partial charge in [-0.05, 0) is 36.2 Å². The Morgan fingerprint density at radius 3 is 2.55 bits per heavy atom. The molecule has 1 aliphatic rings. The summed E-state index contributed by atoms with van der Waals surface area (Å²) in [5, 5.41) is 0. The Balaban J connectivity index is 1.88. The van der Waals surface area contributed by atoms with Crippen LogP contribution < -0.4 is 13.8 Å². The zero-order valence-electron chi connectivity index (χ0n) is 15.5. The fourth-order valence-corrected chi connectivity index (χ4v) is 5.64. The highest BCUT2D eigenvalue weighted by Crippen LogP contribution is 2.32. The average Bonchev–Trinajstić information content (AvgIpc) is 2.95. The van der Waals surface area contributed by atoms with Crippen molar-refractivity contribution in [2.45, 2.75) is 17.7 Å². The largest absolute Gasteiger partial charge is 0.495 e. The highest BCUT2D eigenvalue weighted by molar-refractivity contribution is 7.94. The summed E-state index contributed by atoms with van der Waals surface area (Å²) in [7, 11) is -6.70. The number of ether oxygens (including phenoxy) is 1. The molecular weight excluding hydrogens is 423 g/mol. The molecule has 1 N–H and O–H groups in total. The lowest BCUT2D eigenvalue weighted by atomic mass is 10.1. The third-order valence-corrected chi connectivity index (χ3v) is 7.57. The number of carbonyl (C=O) groups excluding carboxylic acids is 1. The molecule has 11 heteroatoms. The maximum atomic E-state index is 13.7. The molecule has 0 aromatic heterocycles. The summed E-state index contributed by atoms with van der Waals surface area (Å²) >= 11 is 0. The zero-order chi connectivity index (χ0) is 21.2. The molecule has 0 aliphatic carbocycles. The first-order valence-electron chi connectivity index (χ1n) is 8.62. The first-order valence-corrected chi connectivity index (χ1v) is 11.7. The lowest BCUT2D eigenvalue weighted by molar-refractivity contribution is -0.116. The van der Waals surface area contributed by atoms with E-state index in [1.807, 2.05) is 0 Å². The van der Waals surface area contributed by atoms with Gasteiger partial charge in [0.25, 0.3) is 0 Å². The Hall–Kier alpha value is -2.50. The van der Waals surface area contributed by atoms with E-state index in [2.05, 4.69) is 4.72 Å². The van der Waals surface area contributed by atoms with Crippen LogP contribution in [-0.2, 0) is 31.3 Å². The Morgan fingerprint density at radius 2 is 1.93 bits per heavy atom. The van der Waals surface area contributed by atoms with Gasteiger partial charge in [0, 0.05) is 13.0 Å². The van der Waals surface area contributed by atoms with Crippen molar-refractivity contribution in [3.63, 3.8) is 0 Å². The highest BCUT2D eigenvalue weighted by atomic mass is 32.2. The minimum atomic E-state index is -4.12. The molecule has 0 saturated carbocycles. The molecule has 156 valence electrons. The Labute approximate surface area is 168 Å². The van der Waals surface area contributed by atoms with E-state index in [4.69, 9.17) is 4.74 Å². The van der Waals surface area contributed by atoms with E-state index in [0.717, 1.165) is 6.07 Å². The normalized spacial score (nSPS) is 16.2. The van der Waals surface area contributed by atoms with E-state index in [-0.39, 0.29) is 41.5 Å². The van der Waals surface area contributed by atoms with Crippen molar-refractivity contribution in [3.05, 3.63) is 53.8 Å². The van der Waals surface area contributed by atoms with Crippen LogP contribution in [0.15, 0.2) is 47.4 Å². The number of methoxy groups -OCH3 is 1. The third kappa shape index (κ3) is 4.41. The Bertz CT molecular complexity index is 1150. The summed E-state index contributed by atoms with van der Waals surface area (Å²) in [6.45, 7) is -0.0857. The maximum Gasteiger partial charge on any atom is 0.244 e. The first-order chi connectivity index (χ1) is 13.7. The van der Waals surface area contributed by atoms with E-state index in [1.165, 1.54) is 31.4 Å². The van der Waals surface area contributed by atoms with Crippen LogP contribution in [0.2, 0.25) is 0 Å². The second-order valence-corrected chi connectivity index (χ2v) is 9.97. The van der Waals surface area contributed by atoms with Gasteiger partial charge in [0.2, 0.25) is 26.0 Å². The number of rotatable bonds is 7. The molecular formula is C18H19FN2O6S2. The van der Waals surface area contributed by atoms with Gasteiger partial charge in [-0.2, -0.15) is 0 Å². The highest BCUT2D eigenvalue weighted by Gasteiger charge is 2.37. The monoisotopic (exact) mass is 442 g/mol. The summed E-state index contributed by atoms with van der Waals surface area (Å²) in [5.74, 6) is -1.42. The molecule has 0 radical (unpaired) electrons. The van der Waals surface area contributed by atoms with E-state index in [9.17, 15) is 26.0 Å². The van der Waals surface area contributed by atoms with Gasteiger partial charge in [0.1, 0.15) is 16.5 Å². The Morgan fingerprint density at radius 1 is 1.21 bits per heavy atom. The van der Waals surface area contributed by atoms with E-state index >= 15 is 0 Å². The smallest absolute Gasteiger partial charge is 0.244 e. The van der Waals surface area contributed by atoms with Crippen molar-refractivity contribution in [2.24, 2.45) is 0 Å². The van der Waals surface area contributed by atoms with Crippen LogP contribution in [0.25, 0.3) is 0 Å². The minimum absolute atomic E-state index is 0.0174. The number of benzene rings is 2. The summed E-state index contributed by atoms with van der Waals surface area (Å²) in [6, 6.07) is 9.67. The van der Waals surface area contributed by atoms with Gasteiger partial charge in [-0.1, -0.05) is 18.2 Å². The summed E-state index contributed by atoms with van der Waals surface area (Å²) < 4.78 is 71.5. The molecule has 1 aliphatic heterocycles. The fourth-order valence-electron chi connectivity index (χ4n) is 2.97. The maximum absolute atomic E-state index is 13.7. The number of hydrogen-bond donors (Lipinski definition) is 1. The lowest BCUT2D eigenvalue weighted by Gasteiger charge is -2.18. The number of anilines is 1.